The van der Waals surface area contributed by atoms with Gasteiger partial charge in [0.1, 0.15) is 18.6 Å². The summed E-state index contributed by atoms with van der Waals surface area (Å²) < 4.78 is 12.1. The fourth-order valence-corrected chi connectivity index (χ4v) is 3.53. The highest BCUT2D eigenvalue weighted by Crippen LogP contribution is 2.32. The molecule has 0 aromatic heterocycles. The van der Waals surface area contributed by atoms with Crippen LogP contribution in [0.15, 0.2) is 78.9 Å². The molecule has 3 rings (SSSR count). The molecular weight excluding hydrogens is 422 g/mol. The first-order valence-corrected chi connectivity index (χ1v) is 11.2. The van der Waals surface area contributed by atoms with Crippen molar-refractivity contribution in [3.63, 3.8) is 0 Å². The summed E-state index contributed by atoms with van der Waals surface area (Å²) in [4.78, 5) is 14.0. The Hall–Kier alpha value is -2.66. The van der Waals surface area contributed by atoms with Crippen molar-refractivity contribution in [2.45, 2.75) is 25.0 Å². The molecule has 3 aromatic rings. The van der Waals surface area contributed by atoms with Crippen LogP contribution < -0.4 is 4.74 Å². The van der Waals surface area contributed by atoms with E-state index in [1.54, 1.807) is 0 Å². The normalized spacial score (nSPS) is 13.0. The number of rotatable bonds is 12. The van der Waals surface area contributed by atoms with E-state index in [0.29, 0.717) is 24.7 Å². The van der Waals surface area contributed by atoms with Crippen molar-refractivity contribution in [3.05, 3.63) is 101 Å². The fourth-order valence-electron chi connectivity index (χ4n) is 3.41. The number of likely N-dealkylation sites (N-methyl/N-ethyl adjacent to an activating group) is 1. The molecule has 0 amide bonds. The van der Waals surface area contributed by atoms with Crippen molar-refractivity contribution in [2.24, 2.45) is 0 Å². The van der Waals surface area contributed by atoms with Crippen LogP contribution in [0.25, 0.3) is 0 Å². The standard InChI is InChI=1S/C27H30ClNO3/c1-29(2)16-17-31-26-14-10-23(11-15-26)27(32-20-21-6-4-3-5-7-21)18-24(19-30)22-8-12-25(28)13-9-22/h3-15,19,24,27H,16-18,20H2,1-2H3. The summed E-state index contributed by atoms with van der Waals surface area (Å²) in [5.41, 5.74) is 3.04. The molecule has 4 nitrogen and oxygen atoms in total. The van der Waals surface area contributed by atoms with Crippen molar-refractivity contribution in [2.75, 3.05) is 27.2 Å². The topological polar surface area (TPSA) is 38.8 Å². The zero-order valence-corrected chi connectivity index (χ0v) is 19.4. The summed E-state index contributed by atoms with van der Waals surface area (Å²) in [5, 5.41) is 0.653. The van der Waals surface area contributed by atoms with Crippen molar-refractivity contribution < 1.29 is 14.3 Å². The Labute approximate surface area is 195 Å². The third-order valence-electron chi connectivity index (χ3n) is 5.28. The minimum Gasteiger partial charge on any atom is -0.492 e. The maximum absolute atomic E-state index is 11.9. The molecule has 0 heterocycles. The number of nitrogens with zero attached hydrogens (tertiary/aromatic N) is 1. The lowest BCUT2D eigenvalue weighted by molar-refractivity contribution is -0.110. The number of hydrogen-bond acceptors (Lipinski definition) is 4. The highest BCUT2D eigenvalue weighted by atomic mass is 35.5. The van der Waals surface area contributed by atoms with Crippen molar-refractivity contribution in [1.82, 2.24) is 4.90 Å². The molecule has 0 radical (unpaired) electrons. The third-order valence-corrected chi connectivity index (χ3v) is 5.54. The maximum Gasteiger partial charge on any atom is 0.127 e. The molecule has 0 aliphatic rings. The molecule has 0 spiro atoms. The van der Waals surface area contributed by atoms with Gasteiger partial charge in [-0.05, 0) is 61.5 Å². The van der Waals surface area contributed by atoms with Crippen molar-refractivity contribution in [1.29, 1.82) is 0 Å². The molecule has 5 heteroatoms. The Bertz CT molecular complexity index is 943. The lowest BCUT2D eigenvalue weighted by Gasteiger charge is -2.22. The molecule has 168 valence electrons. The summed E-state index contributed by atoms with van der Waals surface area (Å²) in [5.74, 6) is 0.533. The van der Waals surface area contributed by atoms with Crippen LogP contribution in [0.1, 0.15) is 35.1 Å². The molecule has 3 aromatic carbocycles. The van der Waals surface area contributed by atoms with E-state index in [-0.39, 0.29) is 12.0 Å². The number of ether oxygens (including phenoxy) is 2. The van der Waals surface area contributed by atoms with Crippen LogP contribution in [0, 0.1) is 0 Å². The van der Waals surface area contributed by atoms with Crippen molar-refractivity contribution in [3.8, 4) is 5.75 Å². The molecule has 0 N–H and O–H groups in total. The zero-order chi connectivity index (χ0) is 22.8. The van der Waals surface area contributed by atoms with E-state index in [1.165, 1.54) is 0 Å². The predicted octanol–water partition coefficient (Wildman–Crippen LogP) is 5.91. The van der Waals surface area contributed by atoms with Gasteiger partial charge >= 0.3 is 0 Å². The Morgan fingerprint density at radius 3 is 2.19 bits per heavy atom. The minimum atomic E-state index is -0.288. The molecule has 0 saturated carbocycles. The average molecular weight is 452 g/mol. The van der Waals surface area contributed by atoms with E-state index in [9.17, 15) is 4.79 Å². The first-order chi connectivity index (χ1) is 15.5. The van der Waals surface area contributed by atoms with E-state index in [2.05, 4.69) is 4.90 Å². The molecule has 0 bridgehead atoms. The lowest BCUT2D eigenvalue weighted by Crippen LogP contribution is -2.19. The predicted molar refractivity (Wildman–Crippen MR) is 129 cm³/mol. The number of aldehydes is 1. The molecule has 0 saturated heterocycles. The molecule has 0 aliphatic heterocycles. The molecule has 32 heavy (non-hydrogen) atoms. The van der Waals surface area contributed by atoms with Gasteiger partial charge < -0.3 is 19.2 Å². The quantitative estimate of drug-likeness (QED) is 0.321. The summed E-state index contributed by atoms with van der Waals surface area (Å²) in [6.45, 7) is 1.95. The Kier molecular flexibility index (Phi) is 9.29. The van der Waals surface area contributed by atoms with Crippen LogP contribution in [-0.2, 0) is 16.1 Å². The van der Waals surface area contributed by atoms with Crippen LogP contribution >= 0.6 is 11.6 Å². The van der Waals surface area contributed by atoms with Gasteiger partial charge in [-0.15, -0.1) is 0 Å². The van der Waals surface area contributed by atoms with Gasteiger partial charge in [0.15, 0.2) is 0 Å². The van der Waals surface area contributed by atoms with Crippen LogP contribution in [0.4, 0.5) is 0 Å². The van der Waals surface area contributed by atoms with E-state index >= 15 is 0 Å². The van der Waals surface area contributed by atoms with Gasteiger partial charge in [0.25, 0.3) is 0 Å². The number of carbonyl (C=O) groups excluding carboxylic acids is 1. The maximum atomic E-state index is 11.9. The minimum absolute atomic E-state index is 0.239. The largest absolute Gasteiger partial charge is 0.492 e. The second-order valence-corrected chi connectivity index (χ2v) is 8.47. The molecule has 0 aliphatic carbocycles. The van der Waals surface area contributed by atoms with Crippen LogP contribution in [0.3, 0.4) is 0 Å². The van der Waals surface area contributed by atoms with Gasteiger partial charge in [-0.3, -0.25) is 0 Å². The van der Waals surface area contributed by atoms with Crippen LogP contribution in [-0.4, -0.2) is 38.4 Å². The van der Waals surface area contributed by atoms with E-state index in [0.717, 1.165) is 35.3 Å². The Morgan fingerprint density at radius 2 is 1.56 bits per heavy atom. The number of carbonyl (C=O) groups is 1. The summed E-state index contributed by atoms with van der Waals surface area (Å²) in [6.07, 6.45) is 1.29. The van der Waals surface area contributed by atoms with Crippen LogP contribution in [0.5, 0.6) is 5.75 Å². The summed E-state index contributed by atoms with van der Waals surface area (Å²) >= 11 is 6.02. The summed E-state index contributed by atoms with van der Waals surface area (Å²) in [7, 11) is 4.04. The zero-order valence-electron chi connectivity index (χ0n) is 18.6. The van der Waals surface area contributed by atoms with E-state index in [4.69, 9.17) is 21.1 Å². The molecule has 2 unspecified atom stereocenters. The molecule has 2 atom stereocenters. The van der Waals surface area contributed by atoms with Crippen LogP contribution in [0.2, 0.25) is 5.02 Å². The first-order valence-electron chi connectivity index (χ1n) is 10.8. The smallest absolute Gasteiger partial charge is 0.127 e. The molecular formula is C27H30ClNO3. The fraction of sp³-hybridized carbons (Fsp3) is 0.296. The van der Waals surface area contributed by atoms with Gasteiger partial charge in [0.2, 0.25) is 0 Å². The number of benzene rings is 3. The SMILES string of the molecule is CN(C)CCOc1ccc(C(CC(C=O)c2ccc(Cl)cc2)OCc2ccccc2)cc1. The van der Waals surface area contributed by atoms with Gasteiger partial charge in [-0.1, -0.05) is 66.2 Å². The molecule has 0 fully saturated rings. The van der Waals surface area contributed by atoms with Gasteiger partial charge in [-0.25, -0.2) is 0 Å². The highest BCUT2D eigenvalue weighted by molar-refractivity contribution is 6.30. The van der Waals surface area contributed by atoms with Gasteiger partial charge in [-0.2, -0.15) is 0 Å². The first kappa shape index (κ1) is 24.0. The lowest BCUT2D eigenvalue weighted by atomic mass is 9.91. The van der Waals surface area contributed by atoms with E-state index in [1.807, 2.05) is 93.0 Å². The summed E-state index contributed by atoms with van der Waals surface area (Å²) in [6, 6.07) is 25.4. The monoisotopic (exact) mass is 451 g/mol. The van der Waals surface area contributed by atoms with E-state index < -0.39 is 0 Å². The number of halogens is 1. The Morgan fingerprint density at radius 1 is 0.906 bits per heavy atom. The van der Waals surface area contributed by atoms with Crippen molar-refractivity contribution >= 4 is 17.9 Å². The van der Waals surface area contributed by atoms with Gasteiger partial charge in [0, 0.05) is 17.5 Å². The second kappa shape index (κ2) is 12.4. The van der Waals surface area contributed by atoms with Gasteiger partial charge in [0.05, 0.1) is 12.7 Å². The number of hydrogen-bond donors (Lipinski definition) is 0. The average Bonchev–Trinajstić information content (AvgIpc) is 2.81. The second-order valence-electron chi connectivity index (χ2n) is 8.04. The highest BCUT2D eigenvalue weighted by Gasteiger charge is 2.20. The third kappa shape index (κ3) is 7.49. The Balaban J connectivity index is 1.75.